The average Bonchev–Trinajstić information content (AvgIpc) is 2.90. The fourth-order valence-electron chi connectivity index (χ4n) is 1.69. The fourth-order valence-corrected chi connectivity index (χ4v) is 2.38. The van der Waals surface area contributed by atoms with E-state index in [-0.39, 0.29) is 5.78 Å². The summed E-state index contributed by atoms with van der Waals surface area (Å²) in [6.07, 6.45) is 4.84. The van der Waals surface area contributed by atoms with Crippen LogP contribution in [0.1, 0.15) is 10.6 Å². The first-order chi connectivity index (χ1) is 9.33. The van der Waals surface area contributed by atoms with Gasteiger partial charge in [0.15, 0.2) is 5.76 Å². The van der Waals surface area contributed by atoms with Crippen LogP contribution in [0, 0.1) is 0 Å². The molecular weight excluding hydrogens is 260 g/mol. The van der Waals surface area contributed by atoms with Crippen LogP contribution in [-0.4, -0.2) is 21.5 Å². The summed E-state index contributed by atoms with van der Waals surface area (Å²) in [6, 6.07) is 9.34. The molecule has 0 radical (unpaired) electrons. The predicted molar refractivity (Wildman–Crippen MR) is 73.3 cm³/mol. The van der Waals surface area contributed by atoms with Crippen molar-refractivity contribution < 1.29 is 9.21 Å². The Hall–Kier alpha value is -2.14. The first-order valence-electron chi connectivity index (χ1n) is 5.73. The van der Waals surface area contributed by atoms with Gasteiger partial charge < -0.3 is 4.42 Å². The van der Waals surface area contributed by atoms with Crippen molar-refractivity contribution in [3.8, 4) is 0 Å². The lowest BCUT2D eigenvalue weighted by molar-refractivity contribution is 0.0994. The van der Waals surface area contributed by atoms with Gasteiger partial charge in [-0.3, -0.25) is 9.78 Å². The Kier molecular flexibility index (Phi) is 3.29. The van der Waals surface area contributed by atoms with Crippen LogP contribution in [0.15, 0.2) is 58.4 Å². The van der Waals surface area contributed by atoms with Crippen LogP contribution in [0.3, 0.4) is 0 Å². The third-order valence-electron chi connectivity index (χ3n) is 2.59. The smallest absolute Gasteiger partial charge is 0.208 e. The van der Waals surface area contributed by atoms with E-state index < -0.39 is 0 Å². The number of hydrogen-bond donors (Lipinski definition) is 0. The van der Waals surface area contributed by atoms with E-state index in [1.165, 1.54) is 11.8 Å². The lowest BCUT2D eigenvalue weighted by atomic mass is 10.2. The molecule has 2 aromatic heterocycles. The van der Waals surface area contributed by atoms with Crippen LogP contribution < -0.4 is 0 Å². The number of thioether (sulfide) groups is 1. The molecule has 0 amide bonds. The summed E-state index contributed by atoms with van der Waals surface area (Å²) in [7, 11) is 0. The number of hydrogen-bond acceptors (Lipinski definition) is 5. The highest BCUT2D eigenvalue weighted by Gasteiger charge is 2.12. The first kappa shape index (κ1) is 11.9. The van der Waals surface area contributed by atoms with Gasteiger partial charge in [0.25, 0.3) is 0 Å². The zero-order valence-electron chi connectivity index (χ0n) is 9.95. The summed E-state index contributed by atoms with van der Waals surface area (Å²) in [5, 5.41) is 1.67. The second-order valence-electron chi connectivity index (χ2n) is 3.90. The molecule has 0 atom stereocenters. The maximum absolute atomic E-state index is 12.0. The lowest BCUT2D eigenvalue weighted by Gasteiger charge is -1.97. The van der Waals surface area contributed by atoms with Gasteiger partial charge >= 0.3 is 0 Å². The number of Topliss-reactive ketones (excluding diaryl/α,β-unsaturated/α-hetero) is 1. The van der Waals surface area contributed by atoms with Crippen LogP contribution in [0.25, 0.3) is 11.0 Å². The molecule has 0 saturated carbocycles. The second-order valence-corrected chi connectivity index (χ2v) is 4.90. The maximum atomic E-state index is 12.0. The van der Waals surface area contributed by atoms with Crippen molar-refractivity contribution in [3.05, 3.63) is 54.7 Å². The molecule has 5 heteroatoms. The summed E-state index contributed by atoms with van der Waals surface area (Å²) in [5.74, 6) is 0.628. The van der Waals surface area contributed by atoms with Crippen molar-refractivity contribution in [2.24, 2.45) is 0 Å². The van der Waals surface area contributed by atoms with E-state index in [1.54, 1.807) is 24.7 Å². The van der Waals surface area contributed by atoms with Crippen molar-refractivity contribution in [2.75, 3.05) is 5.75 Å². The Bertz CT molecular complexity index is 677. The van der Waals surface area contributed by atoms with Crippen LogP contribution in [0.2, 0.25) is 0 Å². The highest BCUT2D eigenvalue weighted by molar-refractivity contribution is 7.99. The van der Waals surface area contributed by atoms with Crippen molar-refractivity contribution in [1.29, 1.82) is 0 Å². The van der Waals surface area contributed by atoms with Gasteiger partial charge in [-0.15, -0.1) is 0 Å². The summed E-state index contributed by atoms with van der Waals surface area (Å²) in [4.78, 5) is 20.1. The second kappa shape index (κ2) is 5.24. The van der Waals surface area contributed by atoms with Gasteiger partial charge in [0.1, 0.15) is 10.6 Å². The Morgan fingerprint density at radius 2 is 2.16 bits per heavy atom. The third-order valence-corrected chi connectivity index (χ3v) is 3.50. The third kappa shape index (κ3) is 2.66. The number of rotatable bonds is 4. The molecule has 0 spiro atoms. The highest BCUT2D eigenvalue weighted by atomic mass is 32.2. The monoisotopic (exact) mass is 270 g/mol. The number of ketones is 1. The van der Waals surface area contributed by atoms with E-state index in [0.29, 0.717) is 11.5 Å². The van der Waals surface area contributed by atoms with Crippen molar-refractivity contribution >= 4 is 28.5 Å². The minimum Gasteiger partial charge on any atom is -0.453 e. The molecule has 4 nitrogen and oxygen atoms in total. The Labute approximate surface area is 113 Å². The standard InChI is InChI=1S/C14H10N2O2S/c17-11(9-19-14-8-15-5-6-16-14)13-7-10-3-1-2-4-12(10)18-13/h1-8H,9H2. The number of benzene rings is 1. The summed E-state index contributed by atoms with van der Waals surface area (Å²) < 4.78 is 5.52. The van der Waals surface area contributed by atoms with Crippen molar-refractivity contribution in [1.82, 2.24) is 9.97 Å². The van der Waals surface area contributed by atoms with Gasteiger partial charge in [0, 0.05) is 17.8 Å². The molecule has 19 heavy (non-hydrogen) atoms. The normalized spacial score (nSPS) is 10.7. The maximum Gasteiger partial charge on any atom is 0.208 e. The summed E-state index contributed by atoms with van der Waals surface area (Å²) in [6.45, 7) is 0. The molecule has 0 aliphatic heterocycles. The molecule has 3 aromatic rings. The van der Waals surface area contributed by atoms with E-state index in [0.717, 1.165) is 16.0 Å². The molecule has 1 aromatic carbocycles. The Morgan fingerprint density at radius 1 is 1.26 bits per heavy atom. The zero-order chi connectivity index (χ0) is 13.1. The average molecular weight is 270 g/mol. The largest absolute Gasteiger partial charge is 0.453 e. The lowest BCUT2D eigenvalue weighted by Crippen LogP contribution is -2.00. The highest BCUT2D eigenvalue weighted by Crippen LogP contribution is 2.21. The van der Waals surface area contributed by atoms with Crippen LogP contribution >= 0.6 is 11.8 Å². The van der Waals surface area contributed by atoms with Gasteiger partial charge in [0.2, 0.25) is 5.78 Å². The van der Waals surface area contributed by atoms with Gasteiger partial charge in [-0.25, -0.2) is 4.98 Å². The molecule has 0 unspecified atom stereocenters. The Balaban J connectivity index is 1.73. The molecule has 2 heterocycles. The molecule has 0 bridgehead atoms. The van der Waals surface area contributed by atoms with Gasteiger partial charge in [-0.2, -0.15) is 0 Å². The molecule has 0 aliphatic carbocycles. The number of nitrogens with zero attached hydrogens (tertiary/aromatic N) is 2. The van der Waals surface area contributed by atoms with Gasteiger partial charge in [-0.05, 0) is 12.1 Å². The molecule has 0 saturated heterocycles. The fraction of sp³-hybridized carbons (Fsp3) is 0.0714. The predicted octanol–water partition coefficient (Wildman–Crippen LogP) is 3.20. The van der Waals surface area contributed by atoms with Crippen LogP contribution in [-0.2, 0) is 0 Å². The minimum atomic E-state index is -0.0492. The van der Waals surface area contributed by atoms with E-state index in [9.17, 15) is 4.79 Å². The summed E-state index contributed by atoms with van der Waals surface area (Å²) >= 11 is 1.35. The van der Waals surface area contributed by atoms with Crippen molar-refractivity contribution in [3.63, 3.8) is 0 Å². The van der Waals surface area contributed by atoms with E-state index in [2.05, 4.69) is 9.97 Å². The number of para-hydroxylation sites is 1. The SMILES string of the molecule is O=C(CSc1cnccn1)c1cc2ccccc2o1. The van der Waals surface area contributed by atoms with E-state index in [1.807, 2.05) is 24.3 Å². The number of carbonyl (C=O) groups excluding carboxylic acids is 1. The topological polar surface area (TPSA) is 56.0 Å². The van der Waals surface area contributed by atoms with E-state index >= 15 is 0 Å². The van der Waals surface area contributed by atoms with Crippen LogP contribution in [0.4, 0.5) is 0 Å². The number of furan rings is 1. The van der Waals surface area contributed by atoms with Crippen molar-refractivity contribution in [2.45, 2.75) is 5.03 Å². The van der Waals surface area contributed by atoms with Crippen LogP contribution in [0.5, 0.6) is 0 Å². The molecule has 3 rings (SSSR count). The van der Waals surface area contributed by atoms with Gasteiger partial charge in [0.05, 0.1) is 11.9 Å². The molecule has 0 fully saturated rings. The molecular formula is C14H10N2O2S. The van der Waals surface area contributed by atoms with Gasteiger partial charge in [-0.1, -0.05) is 30.0 Å². The number of fused-ring (bicyclic) bond motifs is 1. The minimum absolute atomic E-state index is 0.0492. The number of aromatic nitrogens is 2. The Morgan fingerprint density at radius 3 is 2.95 bits per heavy atom. The quantitative estimate of drug-likeness (QED) is 0.538. The zero-order valence-corrected chi connectivity index (χ0v) is 10.8. The molecule has 0 N–H and O–H groups in total. The number of carbonyl (C=O) groups is 1. The molecule has 94 valence electrons. The molecule has 0 aliphatic rings. The summed E-state index contributed by atoms with van der Waals surface area (Å²) in [5.41, 5.74) is 0.732. The van der Waals surface area contributed by atoms with E-state index in [4.69, 9.17) is 4.42 Å². The first-order valence-corrected chi connectivity index (χ1v) is 6.72.